The van der Waals surface area contributed by atoms with E-state index in [-0.39, 0.29) is 6.61 Å². The Morgan fingerprint density at radius 2 is 0.672 bits per heavy atom. The molecule has 0 aromatic carbocycles. The van der Waals surface area contributed by atoms with Gasteiger partial charge < -0.3 is 20.6 Å². The number of hydrogen-bond acceptors (Lipinski definition) is 4. The maximum absolute atomic E-state index is 12.5. The van der Waals surface area contributed by atoms with Crippen LogP contribution in [0.4, 0.5) is 0 Å². The number of amides is 1. The summed E-state index contributed by atoms with van der Waals surface area (Å²) in [6, 6.07) is -0.820. The Morgan fingerprint density at radius 3 is 1.00 bits per heavy atom. The van der Waals surface area contributed by atoms with Crippen LogP contribution in [0.2, 0.25) is 0 Å². The van der Waals surface area contributed by atoms with E-state index >= 15 is 0 Å². The molecule has 0 bridgehead atoms. The lowest BCUT2D eigenvalue weighted by Gasteiger charge is -2.21. The topological polar surface area (TPSA) is 89.8 Å². The molecule has 0 aliphatic heterocycles. The highest BCUT2D eigenvalue weighted by atomic mass is 16.3. The van der Waals surface area contributed by atoms with Crippen LogP contribution in [-0.4, -0.2) is 46.1 Å². The molecule has 4 N–H and O–H groups in total. The first-order chi connectivity index (χ1) is 30.1. The smallest absolute Gasteiger partial charge is 0.249 e. The average molecular weight is 858 g/mol. The summed E-state index contributed by atoms with van der Waals surface area (Å²) >= 11 is 0. The summed E-state index contributed by atoms with van der Waals surface area (Å²) in [5.41, 5.74) is 0. The highest BCUT2D eigenvalue weighted by Gasteiger charge is 2.22. The van der Waals surface area contributed by atoms with Gasteiger partial charge in [0.2, 0.25) is 5.91 Å². The van der Waals surface area contributed by atoms with Gasteiger partial charge in [-0.1, -0.05) is 281 Å². The standard InChI is InChI=1S/C56H107NO4/c1-3-5-7-9-11-13-15-17-19-21-23-25-26-27-28-29-30-31-33-35-37-39-41-43-45-47-49-51-55(60)56(61)57-53(52-58)54(59)50-48-46-44-42-40-38-36-34-32-24-22-20-18-16-14-12-10-8-6-4-2/h32,34,40,42,48,50,53-55,58-60H,3-31,33,35-39,41,43-47,49,51-52H2,1-2H3,(H,57,61)/b34-32+,42-40+,50-48+. The highest BCUT2D eigenvalue weighted by Crippen LogP contribution is 2.17. The SMILES string of the molecule is CCCCCCCCCCCC/C=C/CC/C=C/CC/C=C/C(O)C(CO)NC(=O)C(O)CCCCCCCCCCCCCCCCCCCCCCCCCCCCC. The third-order valence-corrected chi connectivity index (χ3v) is 12.7. The minimum Gasteiger partial charge on any atom is -0.394 e. The van der Waals surface area contributed by atoms with E-state index in [4.69, 9.17) is 0 Å². The lowest BCUT2D eigenvalue weighted by molar-refractivity contribution is -0.131. The first-order valence-electron chi connectivity index (χ1n) is 27.3. The van der Waals surface area contributed by atoms with Gasteiger partial charge in [0.05, 0.1) is 18.8 Å². The number of nitrogens with one attached hydrogen (secondary N) is 1. The van der Waals surface area contributed by atoms with E-state index in [2.05, 4.69) is 43.5 Å². The van der Waals surface area contributed by atoms with Crippen molar-refractivity contribution in [1.29, 1.82) is 0 Å². The highest BCUT2D eigenvalue weighted by molar-refractivity contribution is 5.80. The molecule has 0 aromatic rings. The molecule has 5 nitrogen and oxygen atoms in total. The summed E-state index contributed by atoms with van der Waals surface area (Å²) in [6.07, 6.45) is 66.5. The van der Waals surface area contributed by atoms with Gasteiger partial charge in [-0.15, -0.1) is 0 Å². The molecule has 360 valence electrons. The molecule has 0 saturated heterocycles. The fourth-order valence-corrected chi connectivity index (χ4v) is 8.46. The largest absolute Gasteiger partial charge is 0.394 e. The van der Waals surface area contributed by atoms with Crippen molar-refractivity contribution >= 4 is 5.91 Å². The first kappa shape index (κ1) is 59.6. The zero-order valence-corrected chi connectivity index (χ0v) is 41.1. The molecule has 61 heavy (non-hydrogen) atoms. The maximum atomic E-state index is 12.5. The average Bonchev–Trinajstić information content (AvgIpc) is 3.26. The lowest BCUT2D eigenvalue weighted by Crippen LogP contribution is -2.48. The number of rotatable bonds is 50. The van der Waals surface area contributed by atoms with Crippen molar-refractivity contribution in [3.8, 4) is 0 Å². The van der Waals surface area contributed by atoms with Gasteiger partial charge in [-0.3, -0.25) is 4.79 Å². The van der Waals surface area contributed by atoms with E-state index in [1.165, 1.54) is 225 Å². The number of unbranched alkanes of at least 4 members (excludes halogenated alkanes) is 38. The van der Waals surface area contributed by atoms with Gasteiger partial charge in [-0.2, -0.15) is 0 Å². The van der Waals surface area contributed by atoms with Gasteiger partial charge in [0.15, 0.2) is 0 Å². The quantitative estimate of drug-likeness (QED) is 0.0362. The molecule has 0 spiro atoms. The van der Waals surface area contributed by atoms with E-state index in [0.717, 1.165) is 44.9 Å². The summed E-state index contributed by atoms with van der Waals surface area (Å²) in [7, 11) is 0. The predicted molar refractivity (Wildman–Crippen MR) is 268 cm³/mol. The van der Waals surface area contributed by atoms with Gasteiger partial charge in [-0.25, -0.2) is 0 Å². The second kappa shape index (κ2) is 51.2. The Kier molecular flexibility index (Phi) is 50.0. The molecule has 1 amide bonds. The third-order valence-electron chi connectivity index (χ3n) is 12.7. The molecule has 0 saturated carbocycles. The molecule has 0 aliphatic rings. The minimum atomic E-state index is -1.11. The second-order valence-electron chi connectivity index (χ2n) is 18.8. The van der Waals surface area contributed by atoms with Gasteiger partial charge in [0.25, 0.3) is 0 Å². The molecule has 0 aliphatic carbocycles. The first-order valence-corrected chi connectivity index (χ1v) is 27.3. The van der Waals surface area contributed by atoms with Crippen LogP contribution in [0.3, 0.4) is 0 Å². The van der Waals surface area contributed by atoms with Crippen LogP contribution >= 0.6 is 0 Å². The molecule has 0 aromatic heterocycles. The Morgan fingerprint density at radius 1 is 0.393 bits per heavy atom. The Labute approximate surface area is 381 Å². The third kappa shape index (κ3) is 46.4. The predicted octanol–water partition coefficient (Wildman–Crippen LogP) is 16.7. The summed E-state index contributed by atoms with van der Waals surface area (Å²) in [4.78, 5) is 12.5. The van der Waals surface area contributed by atoms with Crippen molar-refractivity contribution in [1.82, 2.24) is 5.32 Å². The maximum Gasteiger partial charge on any atom is 0.249 e. The van der Waals surface area contributed by atoms with Crippen LogP contribution in [0.15, 0.2) is 36.5 Å². The summed E-state index contributed by atoms with van der Waals surface area (Å²) in [6.45, 7) is 4.19. The minimum absolute atomic E-state index is 0.379. The van der Waals surface area contributed by atoms with Crippen LogP contribution in [0.5, 0.6) is 0 Å². The molecule has 3 atom stereocenters. The molecule has 5 heteroatoms. The van der Waals surface area contributed by atoms with Crippen molar-refractivity contribution < 1.29 is 20.1 Å². The molecule has 0 fully saturated rings. The number of aliphatic hydroxyl groups excluding tert-OH is 3. The zero-order valence-electron chi connectivity index (χ0n) is 41.1. The molecule has 3 unspecified atom stereocenters. The number of aliphatic hydroxyl groups is 3. The van der Waals surface area contributed by atoms with Crippen LogP contribution in [0, 0.1) is 0 Å². The van der Waals surface area contributed by atoms with E-state index in [1.807, 2.05) is 6.08 Å². The number of allylic oxidation sites excluding steroid dienone is 5. The number of carbonyl (C=O) groups excluding carboxylic acids is 1. The fourth-order valence-electron chi connectivity index (χ4n) is 8.46. The van der Waals surface area contributed by atoms with Gasteiger partial charge in [-0.05, 0) is 44.9 Å². The van der Waals surface area contributed by atoms with Gasteiger partial charge in [0.1, 0.15) is 6.10 Å². The Bertz CT molecular complexity index is 947. The second-order valence-corrected chi connectivity index (χ2v) is 18.8. The van der Waals surface area contributed by atoms with Crippen molar-refractivity contribution in [2.75, 3.05) is 6.61 Å². The lowest BCUT2D eigenvalue weighted by atomic mass is 10.0. The molecule has 0 radical (unpaired) electrons. The molecule has 0 heterocycles. The molecular formula is C56H107NO4. The van der Waals surface area contributed by atoms with Crippen molar-refractivity contribution in [2.24, 2.45) is 0 Å². The molecular weight excluding hydrogens is 751 g/mol. The molecule has 0 rings (SSSR count). The Balaban J connectivity index is 3.60. The van der Waals surface area contributed by atoms with E-state index in [9.17, 15) is 20.1 Å². The van der Waals surface area contributed by atoms with Gasteiger partial charge >= 0.3 is 0 Å². The van der Waals surface area contributed by atoms with Crippen LogP contribution in [-0.2, 0) is 4.79 Å². The van der Waals surface area contributed by atoms with E-state index < -0.39 is 24.2 Å². The fraction of sp³-hybridized carbons (Fsp3) is 0.875. The zero-order chi connectivity index (χ0) is 44.4. The van der Waals surface area contributed by atoms with E-state index in [1.54, 1.807) is 6.08 Å². The monoisotopic (exact) mass is 858 g/mol. The Hall–Kier alpha value is -1.43. The van der Waals surface area contributed by atoms with Crippen LogP contribution in [0.1, 0.15) is 290 Å². The number of carbonyl (C=O) groups is 1. The van der Waals surface area contributed by atoms with Gasteiger partial charge in [0, 0.05) is 0 Å². The van der Waals surface area contributed by atoms with Crippen LogP contribution in [0.25, 0.3) is 0 Å². The normalized spacial score (nSPS) is 13.6. The summed E-state index contributed by atoms with van der Waals surface area (Å²) < 4.78 is 0. The summed E-state index contributed by atoms with van der Waals surface area (Å²) in [5, 5.41) is 33.3. The van der Waals surface area contributed by atoms with Crippen LogP contribution < -0.4 is 5.32 Å². The number of hydrogen-bond donors (Lipinski definition) is 4. The van der Waals surface area contributed by atoms with Crippen molar-refractivity contribution in [3.05, 3.63) is 36.5 Å². The van der Waals surface area contributed by atoms with Crippen molar-refractivity contribution in [2.45, 2.75) is 308 Å². The van der Waals surface area contributed by atoms with E-state index in [0.29, 0.717) is 6.42 Å². The van der Waals surface area contributed by atoms with Crippen molar-refractivity contribution in [3.63, 3.8) is 0 Å². The summed E-state index contributed by atoms with van der Waals surface area (Å²) in [5.74, 6) is -0.512.